The van der Waals surface area contributed by atoms with E-state index >= 15 is 0 Å². The maximum atomic E-state index is 12.1. The molecule has 0 unspecified atom stereocenters. The molecule has 0 spiro atoms. The number of methoxy groups -OCH3 is 1. The Morgan fingerprint density at radius 1 is 1.35 bits per heavy atom. The summed E-state index contributed by atoms with van der Waals surface area (Å²) in [5.41, 5.74) is -0.0336. The molecule has 140 valence electrons. The number of hydrogen-bond acceptors (Lipinski definition) is 8. The highest BCUT2D eigenvalue weighted by Gasteiger charge is 2.27. The van der Waals surface area contributed by atoms with E-state index in [1.165, 1.54) is 48.0 Å². The first-order valence-corrected chi connectivity index (χ1v) is 8.80. The number of ether oxygens (including phenoxy) is 3. The molecular weight excluding hydrogens is 362 g/mol. The van der Waals surface area contributed by atoms with E-state index in [4.69, 9.17) is 14.2 Å². The molecule has 1 amide bonds. The number of aromatic hydroxyl groups is 1. The fourth-order valence-corrected chi connectivity index (χ4v) is 3.12. The minimum Gasteiger partial charge on any atom is -0.507 e. The molecule has 1 heterocycles. The van der Waals surface area contributed by atoms with Crippen molar-refractivity contribution in [2.75, 3.05) is 32.6 Å². The second-order valence-corrected chi connectivity index (χ2v) is 6.08. The van der Waals surface area contributed by atoms with Crippen LogP contribution in [0.4, 0.5) is 0 Å². The number of nitrogens with zero attached hydrogens (tertiary/aromatic N) is 1. The van der Waals surface area contributed by atoms with E-state index in [9.17, 15) is 19.5 Å². The molecule has 1 saturated heterocycles. The maximum Gasteiger partial charge on any atom is 0.342 e. The predicted molar refractivity (Wildman–Crippen MR) is 93.8 cm³/mol. The number of benzene rings is 1. The number of thioether (sulfide) groups is 1. The number of carbonyl (C=O) groups excluding carboxylic acids is 3. The van der Waals surface area contributed by atoms with E-state index in [1.54, 1.807) is 6.92 Å². The van der Waals surface area contributed by atoms with Gasteiger partial charge in [-0.1, -0.05) is 11.8 Å². The first-order valence-electron chi connectivity index (χ1n) is 7.82. The van der Waals surface area contributed by atoms with E-state index in [-0.39, 0.29) is 42.7 Å². The number of hydrogen-bond donors (Lipinski definition) is 1. The monoisotopic (exact) mass is 381 g/mol. The Bertz CT molecular complexity index is 732. The van der Waals surface area contributed by atoms with Crippen LogP contribution in [0.5, 0.6) is 11.5 Å². The van der Waals surface area contributed by atoms with Crippen molar-refractivity contribution >= 4 is 29.6 Å². The lowest BCUT2D eigenvalue weighted by Gasteiger charge is -2.17. The van der Waals surface area contributed by atoms with Crippen LogP contribution < -0.4 is 4.74 Å². The minimum atomic E-state index is -0.739. The summed E-state index contributed by atoms with van der Waals surface area (Å²) in [4.78, 5) is 36.9. The molecular formula is C17H19NO7S. The predicted octanol–water partition coefficient (Wildman–Crippen LogP) is 1.54. The molecule has 1 fully saturated rings. The van der Waals surface area contributed by atoms with E-state index in [0.29, 0.717) is 10.8 Å². The van der Waals surface area contributed by atoms with Gasteiger partial charge in [-0.2, -0.15) is 0 Å². The van der Waals surface area contributed by atoms with Crippen molar-refractivity contribution < 1.29 is 33.7 Å². The molecule has 0 saturated carbocycles. The average molecular weight is 381 g/mol. The Morgan fingerprint density at radius 2 is 2.12 bits per heavy atom. The van der Waals surface area contributed by atoms with Gasteiger partial charge >= 0.3 is 11.9 Å². The van der Waals surface area contributed by atoms with Crippen LogP contribution in [-0.4, -0.2) is 60.5 Å². The Kier molecular flexibility index (Phi) is 6.90. The highest BCUT2D eigenvalue weighted by molar-refractivity contribution is 8.04. The second-order valence-electron chi connectivity index (χ2n) is 5.09. The Balaban J connectivity index is 1.96. The number of esters is 2. The largest absolute Gasteiger partial charge is 0.507 e. The molecule has 0 radical (unpaired) electrons. The van der Waals surface area contributed by atoms with E-state index in [1.807, 2.05) is 0 Å². The SMILES string of the molecule is CCOC(=O)C=C1SCC(=O)N1CCOC(=O)c1cc(OC)ccc1O. The minimum absolute atomic E-state index is 0.0336. The van der Waals surface area contributed by atoms with Gasteiger partial charge in [-0.3, -0.25) is 4.79 Å². The molecule has 1 aliphatic heterocycles. The van der Waals surface area contributed by atoms with Crippen molar-refractivity contribution in [2.45, 2.75) is 6.92 Å². The van der Waals surface area contributed by atoms with Crippen LogP contribution >= 0.6 is 11.8 Å². The molecule has 0 bridgehead atoms. The molecule has 1 N–H and O–H groups in total. The molecule has 1 aliphatic rings. The van der Waals surface area contributed by atoms with Gasteiger partial charge in [0, 0.05) is 0 Å². The molecule has 26 heavy (non-hydrogen) atoms. The van der Waals surface area contributed by atoms with Crippen molar-refractivity contribution in [1.82, 2.24) is 4.90 Å². The van der Waals surface area contributed by atoms with Gasteiger partial charge in [0.1, 0.15) is 23.7 Å². The van der Waals surface area contributed by atoms with Gasteiger partial charge in [-0.15, -0.1) is 0 Å². The zero-order valence-electron chi connectivity index (χ0n) is 14.4. The first kappa shape index (κ1) is 19.6. The molecule has 0 atom stereocenters. The van der Waals surface area contributed by atoms with Crippen molar-refractivity contribution in [1.29, 1.82) is 0 Å². The molecule has 1 aromatic carbocycles. The Labute approximate surface area is 154 Å². The maximum absolute atomic E-state index is 12.1. The highest BCUT2D eigenvalue weighted by atomic mass is 32.2. The number of carbonyl (C=O) groups is 3. The standard InChI is InChI=1S/C17H19NO7S/c1-3-24-16(21)9-15-18(14(20)10-26-15)6-7-25-17(22)12-8-11(23-2)4-5-13(12)19/h4-5,8-9,19H,3,6-7,10H2,1-2H3. The average Bonchev–Trinajstić information content (AvgIpc) is 2.95. The van der Waals surface area contributed by atoms with Crippen LogP contribution in [0, 0.1) is 0 Å². The molecule has 0 aromatic heterocycles. The smallest absolute Gasteiger partial charge is 0.342 e. The van der Waals surface area contributed by atoms with Gasteiger partial charge in [-0.05, 0) is 25.1 Å². The summed E-state index contributed by atoms with van der Waals surface area (Å²) in [5, 5.41) is 10.2. The lowest BCUT2D eigenvalue weighted by molar-refractivity contribution is -0.137. The first-order chi connectivity index (χ1) is 12.5. The summed E-state index contributed by atoms with van der Waals surface area (Å²) >= 11 is 1.22. The third-order valence-electron chi connectivity index (χ3n) is 3.41. The second kappa shape index (κ2) is 9.14. The Morgan fingerprint density at radius 3 is 2.81 bits per heavy atom. The van der Waals surface area contributed by atoms with Crippen LogP contribution in [-0.2, 0) is 19.1 Å². The van der Waals surface area contributed by atoms with Crippen LogP contribution in [0.2, 0.25) is 0 Å². The molecule has 0 aliphatic carbocycles. The summed E-state index contributed by atoms with van der Waals surface area (Å²) in [7, 11) is 1.44. The number of phenols is 1. The highest BCUT2D eigenvalue weighted by Crippen LogP contribution is 2.28. The zero-order valence-corrected chi connectivity index (χ0v) is 15.2. The zero-order chi connectivity index (χ0) is 19.1. The van der Waals surface area contributed by atoms with Gasteiger partial charge in [0.25, 0.3) is 0 Å². The fraction of sp³-hybridized carbons (Fsp3) is 0.353. The van der Waals surface area contributed by atoms with Crippen LogP contribution in [0.1, 0.15) is 17.3 Å². The third-order valence-corrected chi connectivity index (χ3v) is 4.44. The van der Waals surface area contributed by atoms with Gasteiger partial charge in [0.2, 0.25) is 5.91 Å². The number of rotatable bonds is 7. The summed E-state index contributed by atoms with van der Waals surface area (Å²) < 4.78 is 15.0. The fourth-order valence-electron chi connectivity index (χ4n) is 2.17. The number of amides is 1. The molecule has 8 nitrogen and oxygen atoms in total. The van der Waals surface area contributed by atoms with Gasteiger partial charge < -0.3 is 24.2 Å². The van der Waals surface area contributed by atoms with Crippen LogP contribution in [0.15, 0.2) is 29.3 Å². The quantitative estimate of drug-likeness (QED) is 0.560. The summed E-state index contributed by atoms with van der Waals surface area (Å²) in [6.45, 7) is 1.92. The van der Waals surface area contributed by atoms with Crippen molar-refractivity contribution in [3.63, 3.8) is 0 Å². The third kappa shape index (κ3) is 4.92. The molecule has 9 heteroatoms. The van der Waals surface area contributed by atoms with Crippen molar-refractivity contribution in [2.24, 2.45) is 0 Å². The van der Waals surface area contributed by atoms with E-state index in [0.717, 1.165) is 0 Å². The van der Waals surface area contributed by atoms with Gasteiger partial charge in [-0.25, -0.2) is 9.59 Å². The van der Waals surface area contributed by atoms with Crippen LogP contribution in [0.25, 0.3) is 0 Å². The normalized spacial score (nSPS) is 15.2. The van der Waals surface area contributed by atoms with Crippen molar-refractivity contribution in [3.05, 3.63) is 34.9 Å². The van der Waals surface area contributed by atoms with E-state index < -0.39 is 11.9 Å². The lowest BCUT2D eigenvalue weighted by Crippen LogP contribution is -2.29. The lowest BCUT2D eigenvalue weighted by atomic mass is 10.2. The number of phenolic OH excluding ortho intramolecular Hbond substituents is 1. The van der Waals surface area contributed by atoms with Gasteiger partial charge in [0.15, 0.2) is 0 Å². The Hall–Kier alpha value is -2.68. The van der Waals surface area contributed by atoms with Gasteiger partial charge in [0.05, 0.1) is 37.1 Å². The summed E-state index contributed by atoms with van der Waals surface area (Å²) in [5.74, 6) is -1.09. The van der Waals surface area contributed by atoms with Crippen molar-refractivity contribution in [3.8, 4) is 11.5 Å². The molecule has 2 rings (SSSR count). The summed E-state index contributed by atoms with van der Waals surface area (Å²) in [6, 6.07) is 4.20. The van der Waals surface area contributed by atoms with Crippen LogP contribution in [0.3, 0.4) is 0 Å². The topological polar surface area (TPSA) is 102 Å². The summed E-state index contributed by atoms with van der Waals surface area (Å²) in [6.07, 6.45) is 1.24. The van der Waals surface area contributed by atoms with E-state index in [2.05, 4.69) is 0 Å². The molecule has 1 aromatic rings.